The van der Waals surface area contributed by atoms with Crippen molar-refractivity contribution in [2.45, 2.75) is 26.4 Å². The van der Waals surface area contributed by atoms with Gasteiger partial charge in [0.15, 0.2) is 0 Å². The van der Waals surface area contributed by atoms with Crippen molar-refractivity contribution < 1.29 is 4.74 Å². The van der Waals surface area contributed by atoms with Gasteiger partial charge >= 0.3 is 0 Å². The monoisotopic (exact) mass is 199 g/mol. The van der Waals surface area contributed by atoms with Crippen LogP contribution >= 0.6 is 11.6 Å². The van der Waals surface area contributed by atoms with Gasteiger partial charge in [0.05, 0.1) is 0 Å². The molecule has 3 heteroatoms. The highest BCUT2D eigenvalue weighted by Gasteiger charge is 2.12. The van der Waals surface area contributed by atoms with Crippen LogP contribution in [-0.4, -0.2) is 5.60 Å². The first kappa shape index (κ1) is 10.2. The van der Waals surface area contributed by atoms with Crippen molar-refractivity contribution >= 4 is 17.3 Å². The molecule has 0 radical (unpaired) electrons. The number of ether oxygens (including phenoxy) is 1. The summed E-state index contributed by atoms with van der Waals surface area (Å²) in [6, 6.07) is 5.21. The maximum Gasteiger partial charge on any atom is 0.123 e. The number of hydrogen-bond acceptors (Lipinski definition) is 2. The number of nitrogens with two attached hydrogens (primary N) is 1. The van der Waals surface area contributed by atoms with Crippen LogP contribution in [0.1, 0.15) is 20.8 Å². The van der Waals surface area contributed by atoms with Crippen LogP contribution in [0.3, 0.4) is 0 Å². The zero-order valence-corrected chi connectivity index (χ0v) is 8.85. The lowest BCUT2D eigenvalue weighted by atomic mass is 10.2. The Morgan fingerprint density at radius 2 is 1.85 bits per heavy atom. The minimum absolute atomic E-state index is 0.225. The van der Waals surface area contributed by atoms with Crippen molar-refractivity contribution in [3.05, 3.63) is 23.2 Å². The van der Waals surface area contributed by atoms with E-state index in [-0.39, 0.29) is 5.60 Å². The fourth-order valence-electron chi connectivity index (χ4n) is 0.997. The molecule has 0 unspecified atom stereocenters. The Hall–Kier alpha value is -0.890. The van der Waals surface area contributed by atoms with Crippen molar-refractivity contribution in [2.24, 2.45) is 0 Å². The van der Waals surface area contributed by atoms with E-state index < -0.39 is 0 Å². The van der Waals surface area contributed by atoms with E-state index in [1.807, 2.05) is 20.8 Å². The van der Waals surface area contributed by atoms with Crippen LogP contribution in [0.2, 0.25) is 5.02 Å². The first-order chi connectivity index (χ1) is 5.87. The summed E-state index contributed by atoms with van der Waals surface area (Å²) in [6.07, 6.45) is 0. The molecule has 0 bridgehead atoms. The number of hydrogen-bond donors (Lipinski definition) is 1. The Kier molecular flexibility index (Phi) is 2.71. The van der Waals surface area contributed by atoms with Gasteiger partial charge in [-0.05, 0) is 32.9 Å². The van der Waals surface area contributed by atoms with Crippen molar-refractivity contribution in [3.63, 3.8) is 0 Å². The maximum atomic E-state index is 5.82. The third kappa shape index (κ3) is 3.55. The van der Waals surface area contributed by atoms with Gasteiger partial charge in [0, 0.05) is 16.8 Å². The van der Waals surface area contributed by atoms with E-state index in [0.717, 1.165) is 0 Å². The van der Waals surface area contributed by atoms with Gasteiger partial charge in [-0.25, -0.2) is 0 Å². The highest BCUT2D eigenvalue weighted by atomic mass is 35.5. The Morgan fingerprint density at radius 1 is 1.23 bits per heavy atom. The normalized spacial score (nSPS) is 11.4. The zero-order valence-electron chi connectivity index (χ0n) is 8.10. The molecule has 13 heavy (non-hydrogen) atoms. The van der Waals surface area contributed by atoms with Gasteiger partial charge in [-0.3, -0.25) is 0 Å². The molecule has 0 amide bonds. The van der Waals surface area contributed by atoms with Gasteiger partial charge in [-0.1, -0.05) is 11.6 Å². The SMILES string of the molecule is CC(C)(C)Oc1cc(N)cc(Cl)c1. The molecular weight excluding hydrogens is 186 g/mol. The smallest absolute Gasteiger partial charge is 0.123 e. The molecule has 0 aliphatic heterocycles. The van der Waals surface area contributed by atoms with Gasteiger partial charge < -0.3 is 10.5 Å². The number of benzene rings is 1. The van der Waals surface area contributed by atoms with Crippen LogP contribution < -0.4 is 10.5 Å². The maximum absolute atomic E-state index is 5.82. The molecule has 0 spiro atoms. The average molecular weight is 200 g/mol. The van der Waals surface area contributed by atoms with E-state index in [4.69, 9.17) is 22.1 Å². The average Bonchev–Trinajstić information content (AvgIpc) is 1.78. The highest BCUT2D eigenvalue weighted by molar-refractivity contribution is 6.31. The predicted molar refractivity (Wildman–Crippen MR) is 56.2 cm³/mol. The summed E-state index contributed by atoms with van der Waals surface area (Å²) in [5.74, 6) is 0.706. The first-order valence-electron chi connectivity index (χ1n) is 4.12. The van der Waals surface area contributed by atoms with Crippen LogP contribution in [0, 0.1) is 0 Å². The number of nitrogen functional groups attached to an aromatic ring is 1. The van der Waals surface area contributed by atoms with E-state index in [9.17, 15) is 0 Å². The minimum atomic E-state index is -0.225. The summed E-state index contributed by atoms with van der Waals surface area (Å²) in [6.45, 7) is 5.93. The molecule has 1 aromatic rings. The van der Waals surface area contributed by atoms with Gasteiger partial charge in [0.1, 0.15) is 11.4 Å². The zero-order chi connectivity index (χ0) is 10.1. The van der Waals surface area contributed by atoms with E-state index in [0.29, 0.717) is 16.5 Å². The molecule has 0 aliphatic carbocycles. The quantitative estimate of drug-likeness (QED) is 0.706. The second-order valence-corrected chi connectivity index (χ2v) is 4.37. The first-order valence-corrected chi connectivity index (χ1v) is 4.50. The molecule has 0 aliphatic rings. The molecule has 1 rings (SSSR count). The van der Waals surface area contributed by atoms with Crippen molar-refractivity contribution in [2.75, 3.05) is 5.73 Å². The molecular formula is C10H14ClNO. The molecule has 0 fully saturated rings. The summed E-state index contributed by atoms with van der Waals surface area (Å²) in [7, 11) is 0. The van der Waals surface area contributed by atoms with E-state index >= 15 is 0 Å². The third-order valence-electron chi connectivity index (χ3n) is 1.32. The highest BCUT2D eigenvalue weighted by Crippen LogP contribution is 2.25. The van der Waals surface area contributed by atoms with Crippen LogP contribution in [0.15, 0.2) is 18.2 Å². The summed E-state index contributed by atoms with van der Waals surface area (Å²) >= 11 is 5.82. The number of rotatable bonds is 1. The van der Waals surface area contributed by atoms with E-state index in [1.54, 1.807) is 18.2 Å². The molecule has 0 saturated carbocycles. The summed E-state index contributed by atoms with van der Waals surface area (Å²) < 4.78 is 5.60. The fourth-order valence-corrected chi connectivity index (χ4v) is 1.23. The second kappa shape index (κ2) is 3.46. The van der Waals surface area contributed by atoms with E-state index in [2.05, 4.69) is 0 Å². The lowest BCUT2D eigenvalue weighted by Gasteiger charge is -2.21. The predicted octanol–water partition coefficient (Wildman–Crippen LogP) is 3.10. The third-order valence-corrected chi connectivity index (χ3v) is 1.54. The van der Waals surface area contributed by atoms with Crippen molar-refractivity contribution in [1.82, 2.24) is 0 Å². The number of anilines is 1. The van der Waals surface area contributed by atoms with Crippen LogP contribution in [-0.2, 0) is 0 Å². The van der Waals surface area contributed by atoms with Gasteiger partial charge in [-0.2, -0.15) is 0 Å². The topological polar surface area (TPSA) is 35.2 Å². The molecule has 0 aromatic heterocycles. The van der Waals surface area contributed by atoms with Gasteiger partial charge in [-0.15, -0.1) is 0 Å². The summed E-state index contributed by atoms with van der Waals surface area (Å²) in [4.78, 5) is 0. The Bertz CT molecular complexity index is 284. The van der Waals surface area contributed by atoms with Gasteiger partial charge in [0.2, 0.25) is 0 Å². The fraction of sp³-hybridized carbons (Fsp3) is 0.400. The number of halogens is 1. The Morgan fingerprint density at radius 3 is 2.31 bits per heavy atom. The van der Waals surface area contributed by atoms with Crippen molar-refractivity contribution in [1.29, 1.82) is 0 Å². The standard InChI is InChI=1S/C10H14ClNO/c1-10(2,3)13-9-5-7(11)4-8(12)6-9/h4-6H,12H2,1-3H3. The lowest BCUT2D eigenvalue weighted by Crippen LogP contribution is -2.22. The van der Waals surface area contributed by atoms with E-state index in [1.165, 1.54) is 0 Å². The molecule has 72 valence electrons. The molecule has 0 atom stereocenters. The molecule has 0 saturated heterocycles. The summed E-state index contributed by atoms with van der Waals surface area (Å²) in [5, 5.41) is 0.597. The Balaban J connectivity index is 2.90. The molecule has 1 aromatic carbocycles. The minimum Gasteiger partial charge on any atom is -0.488 e. The van der Waals surface area contributed by atoms with Crippen LogP contribution in [0.4, 0.5) is 5.69 Å². The second-order valence-electron chi connectivity index (χ2n) is 3.93. The lowest BCUT2D eigenvalue weighted by molar-refractivity contribution is 0.131. The molecule has 0 heterocycles. The Labute approximate surface area is 83.6 Å². The molecule has 2 nitrogen and oxygen atoms in total. The van der Waals surface area contributed by atoms with Crippen LogP contribution in [0.5, 0.6) is 5.75 Å². The van der Waals surface area contributed by atoms with Crippen LogP contribution in [0.25, 0.3) is 0 Å². The molecule has 2 N–H and O–H groups in total. The van der Waals surface area contributed by atoms with Crippen molar-refractivity contribution in [3.8, 4) is 5.75 Å². The van der Waals surface area contributed by atoms with Gasteiger partial charge in [0.25, 0.3) is 0 Å². The largest absolute Gasteiger partial charge is 0.488 e. The summed E-state index contributed by atoms with van der Waals surface area (Å²) in [5.41, 5.74) is 6.01.